The first-order chi connectivity index (χ1) is 8.69. The fourth-order valence-electron chi connectivity index (χ4n) is 1.40. The van der Waals surface area contributed by atoms with Gasteiger partial charge in [-0.25, -0.2) is 0 Å². The number of halogens is 1. The van der Waals surface area contributed by atoms with Crippen molar-refractivity contribution in [2.75, 3.05) is 13.7 Å². The molecule has 0 spiro atoms. The molecule has 6 nitrogen and oxygen atoms in total. The van der Waals surface area contributed by atoms with Crippen LogP contribution in [0.1, 0.15) is 5.89 Å². The second kappa shape index (κ2) is 5.90. The molecule has 1 atom stereocenters. The van der Waals surface area contributed by atoms with Crippen molar-refractivity contribution in [3.63, 3.8) is 0 Å². The van der Waals surface area contributed by atoms with Gasteiger partial charge in [0.25, 0.3) is 0 Å². The number of ether oxygens (including phenoxy) is 1. The van der Waals surface area contributed by atoms with Gasteiger partial charge in [-0.05, 0) is 12.1 Å². The Morgan fingerprint density at radius 2 is 2.33 bits per heavy atom. The number of rotatable bonds is 5. The standard InChI is InChI=1S/C11H12ClN3O3/c1-17-6-8(16)4-10-14-11(15-18-10)9-3-2-7(12)5-13-9/h2-3,5,8,16H,4,6H2,1H3. The third-order valence-electron chi connectivity index (χ3n) is 2.19. The van der Waals surface area contributed by atoms with E-state index in [9.17, 15) is 5.11 Å². The van der Waals surface area contributed by atoms with Crippen molar-refractivity contribution in [1.82, 2.24) is 15.1 Å². The van der Waals surface area contributed by atoms with E-state index in [1.54, 1.807) is 12.1 Å². The number of aliphatic hydroxyl groups excluding tert-OH is 1. The predicted octanol–water partition coefficient (Wildman–Crippen LogP) is 1.33. The summed E-state index contributed by atoms with van der Waals surface area (Å²) in [7, 11) is 1.51. The summed E-state index contributed by atoms with van der Waals surface area (Å²) in [6, 6.07) is 3.39. The van der Waals surface area contributed by atoms with Crippen molar-refractivity contribution in [3.8, 4) is 11.5 Å². The summed E-state index contributed by atoms with van der Waals surface area (Å²) in [5.74, 6) is 0.706. The Morgan fingerprint density at radius 1 is 1.50 bits per heavy atom. The van der Waals surface area contributed by atoms with Gasteiger partial charge < -0.3 is 14.4 Å². The summed E-state index contributed by atoms with van der Waals surface area (Å²) >= 11 is 5.73. The molecule has 0 aliphatic rings. The van der Waals surface area contributed by atoms with E-state index in [1.165, 1.54) is 13.3 Å². The van der Waals surface area contributed by atoms with Crippen LogP contribution in [0.25, 0.3) is 11.5 Å². The Hall–Kier alpha value is -1.50. The van der Waals surface area contributed by atoms with Gasteiger partial charge in [0.15, 0.2) is 0 Å². The molecule has 0 bridgehead atoms. The molecular weight excluding hydrogens is 258 g/mol. The number of aliphatic hydroxyl groups is 1. The number of aromatic nitrogens is 3. The van der Waals surface area contributed by atoms with Gasteiger partial charge in [0, 0.05) is 13.3 Å². The van der Waals surface area contributed by atoms with Gasteiger partial charge in [0.1, 0.15) is 5.69 Å². The molecule has 2 aromatic rings. The number of hydrogen-bond acceptors (Lipinski definition) is 6. The predicted molar refractivity (Wildman–Crippen MR) is 64.1 cm³/mol. The van der Waals surface area contributed by atoms with Crippen LogP contribution in [-0.2, 0) is 11.2 Å². The highest BCUT2D eigenvalue weighted by atomic mass is 35.5. The van der Waals surface area contributed by atoms with Crippen LogP contribution in [0, 0.1) is 0 Å². The van der Waals surface area contributed by atoms with Crippen molar-refractivity contribution in [1.29, 1.82) is 0 Å². The zero-order valence-corrected chi connectivity index (χ0v) is 10.5. The normalized spacial score (nSPS) is 12.6. The maximum absolute atomic E-state index is 9.53. The van der Waals surface area contributed by atoms with E-state index in [-0.39, 0.29) is 13.0 Å². The van der Waals surface area contributed by atoms with Gasteiger partial charge in [0.05, 0.1) is 24.2 Å². The lowest BCUT2D eigenvalue weighted by molar-refractivity contribution is 0.0599. The molecule has 0 radical (unpaired) electrons. The van der Waals surface area contributed by atoms with Crippen LogP contribution in [-0.4, -0.2) is 40.1 Å². The minimum atomic E-state index is -0.665. The van der Waals surface area contributed by atoms with Crippen LogP contribution in [0.3, 0.4) is 0 Å². The van der Waals surface area contributed by atoms with Crippen molar-refractivity contribution < 1.29 is 14.4 Å². The minimum Gasteiger partial charge on any atom is -0.390 e. The van der Waals surface area contributed by atoms with E-state index in [2.05, 4.69) is 15.1 Å². The maximum atomic E-state index is 9.53. The quantitative estimate of drug-likeness (QED) is 0.882. The van der Waals surface area contributed by atoms with Crippen molar-refractivity contribution in [2.45, 2.75) is 12.5 Å². The Bertz CT molecular complexity index is 500. The second-order valence-electron chi connectivity index (χ2n) is 3.69. The molecule has 0 aromatic carbocycles. The van der Waals surface area contributed by atoms with Gasteiger partial charge in [-0.15, -0.1) is 0 Å². The van der Waals surface area contributed by atoms with E-state index in [0.29, 0.717) is 22.4 Å². The fourth-order valence-corrected chi connectivity index (χ4v) is 1.51. The third kappa shape index (κ3) is 3.25. The van der Waals surface area contributed by atoms with Crippen LogP contribution in [0.2, 0.25) is 5.02 Å². The lowest BCUT2D eigenvalue weighted by atomic mass is 10.2. The Labute approximate surface area is 109 Å². The summed E-state index contributed by atoms with van der Waals surface area (Å²) in [5.41, 5.74) is 0.565. The van der Waals surface area contributed by atoms with Crippen molar-refractivity contribution >= 4 is 11.6 Å². The monoisotopic (exact) mass is 269 g/mol. The molecule has 7 heteroatoms. The lowest BCUT2D eigenvalue weighted by Gasteiger charge is -2.04. The van der Waals surface area contributed by atoms with Crippen LogP contribution in [0.4, 0.5) is 0 Å². The van der Waals surface area contributed by atoms with E-state index < -0.39 is 6.10 Å². The van der Waals surface area contributed by atoms with Crippen LogP contribution in [0.15, 0.2) is 22.9 Å². The Kier molecular flexibility index (Phi) is 4.24. The first kappa shape index (κ1) is 12.9. The highest BCUT2D eigenvalue weighted by Gasteiger charge is 2.13. The molecule has 1 N–H and O–H groups in total. The zero-order valence-electron chi connectivity index (χ0n) is 9.71. The van der Waals surface area contributed by atoms with Gasteiger partial charge in [-0.1, -0.05) is 16.8 Å². The molecule has 18 heavy (non-hydrogen) atoms. The van der Waals surface area contributed by atoms with E-state index in [4.69, 9.17) is 20.9 Å². The average molecular weight is 270 g/mol. The van der Waals surface area contributed by atoms with Gasteiger partial charge in [-0.2, -0.15) is 4.98 Å². The molecule has 0 saturated carbocycles. The van der Waals surface area contributed by atoms with Gasteiger partial charge >= 0.3 is 0 Å². The summed E-state index contributed by atoms with van der Waals surface area (Å²) < 4.78 is 9.83. The second-order valence-corrected chi connectivity index (χ2v) is 4.12. The topological polar surface area (TPSA) is 81.3 Å². The van der Waals surface area contributed by atoms with Crippen LogP contribution in [0.5, 0.6) is 0 Å². The Balaban J connectivity index is 2.08. The fraction of sp³-hybridized carbons (Fsp3) is 0.364. The van der Waals surface area contributed by atoms with Crippen LogP contribution >= 0.6 is 11.6 Å². The summed E-state index contributed by atoms with van der Waals surface area (Å²) in [5, 5.41) is 13.9. The molecule has 0 amide bonds. The molecule has 2 heterocycles. The van der Waals surface area contributed by atoms with E-state index >= 15 is 0 Å². The summed E-state index contributed by atoms with van der Waals surface area (Å²) in [4.78, 5) is 8.21. The van der Waals surface area contributed by atoms with Gasteiger partial charge in [-0.3, -0.25) is 4.98 Å². The number of pyridine rings is 1. The average Bonchev–Trinajstić information content (AvgIpc) is 2.78. The molecule has 2 rings (SSSR count). The largest absolute Gasteiger partial charge is 0.390 e. The van der Waals surface area contributed by atoms with E-state index in [0.717, 1.165) is 0 Å². The maximum Gasteiger partial charge on any atom is 0.229 e. The summed E-state index contributed by atoms with van der Waals surface area (Å²) in [6.45, 7) is 0.219. The van der Waals surface area contributed by atoms with Crippen molar-refractivity contribution in [2.24, 2.45) is 0 Å². The molecule has 0 aliphatic carbocycles. The molecular formula is C11H12ClN3O3. The first-order valence-electron chi connectivity index (χ1n) is 5.30. The molecule has 0 aliphatic heterocycles. The van der Waals surface area contributed by atoms with Crippen LogP contribution < -0.4 is 0 Å². The third-order valence-corrected chi connectivity index (χ3v) is 2.42. The minimum absolute atomic E-state index is 0.219. The SMILES string of the molecule is COCC(O)Cc1nc(-c2ccc(Cl)cn2)no1. The first-order valence-corrected chi connectivity index (χ1v) is 5.68. The molecule has 96 valence electrons. The highest BCUT2D eigenvalue weighted by molar-refractivity contribution is 6.30. The number of nitrogens with zero attached hydrogens (tertiary/aromatic N) is 3. The smallest absolute Gasteiger partial charge is 0.229 e. The van der Waals surface area contributed by atoms with Gasteiger partial charge in [0.2, 0.25) is 11.7 Å². The lowest BCUT2D eigenvalue weighted by Crippen LogP contribution is -2.17. The molecule has 2 aromatic heterocycles. The number of methoxy groups -OCH3 is 1. The number of hydrogen-bond donors (Lipinski definition) is 1. The molecule has 0 fully saturated rings. The molecule has 0 saturated heterocycles. The van der Waals surface area contributed by atoms with Crippen molar-refractivity contribution in [3.05, 3.63) is 29.2 Å². The summed E-state index contributed by atoms with van der Waals surface area (Å²) in [6.07, 6.45) is 1.09. The highest BCUT2D eigenvalue weighted by Crippen LogP contribution is 2.15. The zero-order chi connectivity index (χ0) is 13.0. The Morgan fingerprint density at radius 3 is 3.00 bits per heavy atom. The molecule has 1 unspecified atom stereocenters. The van der Waals surface area contributed by atoms with E-state index in [1.807, 2.05) is 0 Å².